The fourth-order valence-electron chi connectivity index (χ4n) is 2.94. The van der Waals surface area contributed by atoms with Gasteiger partial charge in [0.05, 0.1) is 19.8 Å². The Morgan fingerprint density at radius 2 is 1.81 bits per heavy atom. The number of methoxy groups -OCH3 is 2. The Morgan fingerprint density at radius 1 is 1.12 bits per heavy atom. The Bertz CT molecular complexity index is 812. The van der Waals surface area contributed by atoms with Crippen molar-refractivity contribution in [3.63, 3.8) is 0 Å². The van der Waals surface area contributed by atoms with Crippen molar-refractivity contribution in [2.45, 2.75) is 32.3 Å². The molecule has 138 valence electrons. The van der Waals surface area contributed by atoms with E-state index in [1.54, 1.807) is 38.3 Å². The minimum atomic E-state index is -0.717. The van der Waals surface area contributed by atoms with Crippen molar-refractivity contribution in [1.29, 1.82) is 0 Å². The molecule has 1 unspecified atom stereocenters. The SMILES string of the molecule is COC(=O)c1c(NC(=O)C(C)Oc2ccc(OC)cc2)sc2c1CCC2. The van der Waals surface area contributed by atoms with E-state index in [0.29, 0.717) is 22.1 Å². The molecule has 1 aliphatic rings. The molecular formula is C19H21NO5S. The Labute approximate surface area is 156 Å². The van der Waals surface area contributed by atoms with Crippen LogP contribution in [-0.4, -0.2) is 32.2 Å². The van der Waals surface area contributed by atoms with E-state index in [9.17, 15) is 9.59 Å². The molecule has 1 N–H and O–H groups in total. The lowest BCUT2D eigenvalue weighted by molar-refractivity contribution is -0.122. The number of aryl methyl sites for hydroxylation is 1. The highest BCUT2D eigenvalue weighted by Crippen LogP contribution is 2.39. The Kier molecular flexibility index (Phi) is 5.46. The first-order valence-corrected chi connectivity index (χ1v) is 9.19. The maximum Gasteiger partial charge on any atom is 0.341 e. The predicted molar refractivity (Wildman–Crippen MR) is 99.4 cm³/mol. The van der Waals surface area contributed by atoms with Gasteiger partial charge in [-0.3, -0.25) is 4.79 Å². The molecule has 0 bridgehead atoms. The normalized spacial score (nSPS) is 13.7. The molecule has 1 aromatic carbocycles. The third-order valence-corrected chi connectivity index (χ3v) is 5.50. The van der Waals surface area contributed by atoms with Gasteiger partial charge in [-0.05, 0) is 56.0 Å². The summed E-state index contributed by atoms with van der Waals surface area (Å²) in [6.45, 7) is 1.67. The number of anilines is 1. The molecule has 0 aliphatic heterocycles. The second-order valence-electron chi connectivity index (χ2n) is 5.98. The number of benzene rings is 1. The van der Waals surface area contributed by atoms with Gasteiger partial charge in [0.15, 0.2) is 6.10 Å². The van der Waals surface area contributed by atoms with Gasteiger partial charge in [0.25, 0.3) is 5.91 Å². The number of hydrogen-bond acceptors (Lipinski definition) is 6. The Hall–Kier alpha value is -2.54. The number of carbonyl (C=O) groups excluding carboxylic acids is 2. The number of hydrogen-bond donors (Lipinski definition) is 1. The highest BCUT2D eigenvalue weighted by Gasteiger charge is 2.29. The number of amides is 1. The van der Waals surface area contributed by atoms with Gasteiger partial charge in [-0.15, -0.1) is 11.3 Å². The van der Waals surface area contributed by atoms with E-state index >= 15 is 0 Å². The summed E-state index contributed by atoms with van der Waals surface area (Å²) in [5.41, 5.74) is 1.48. The minimum Gasteiger partial charge on any atom is -0.497 e. The molecule has 7 heteroatoms. The molecule has 1 atom stereocenters. The van der Waals surface area contributed by atoms with Gasteiger partial charge < -0.3 is 19.5 Å². The lowest BCUT2D eigenvalue weighted by Crippen LogP contribution is -2.30. The molecule has 1 amide bonds. The van der Waals surface area contributed by atoms with Gasteiger partial charge in [0, 0.05) is 4.88 Å². The van der Waals surface area contributed by atoms with Crippen molar-refractivity contribution in [1.82, 2.24) is 0 Å². The summed E-state index contributed by atoms with van der Waals surface area (Å²) in [7, 11) is 2.94. The predicted octanol–water partition coefficient (Wildman–Crippen LogP) is 3.44. The van der Waals surface area contributed by atoms with Crippen LogP contribution in [0.3, 0.4) is 0 Å². The maximum absolute atomic E-state index is 12.5. The van der Waals surface area contributed by atoms with Crippen LogP contribution in [0, 0.1) is 0 Å². The number of rotatable bonds is 6. The van der Waals surface area contributed by atoms with E-state index in [4.69, 9.17) is 14.2 Å². The quantitative estimate of drug-likeness (QED) is 0.783. The molecule has 1 heterocycles. The highest BCUT2D eigenvalue weighted by atomic mass is 32.1. The summed E-state index contributed by atoms with van der Waals surface area (Å²) >= 11 is 1.44. The Morgan fingerprint density at radius 3 is 2.46 bits per heavy atom. The molecule has 0 saturated carbocycles. The van der Waals surface area contributed by atoms with Crippen LogP contribution in [0.25, 0.3) is 0 Å². The molecule has 0 radical (unpaired) electrons. The van der Waals surface area contributed by atoms with Crippen LogP contribution >= 0.6 is 11.3 Å². The third-order valence-electron chi connectivity index (χ3n) is 4.29. The van der Waals surface area contributed by atoms with Crippen LogP contribution in [0.15, 0.2) is 24.3 Å². The number of esters is 1. The van der Waals surface area contributed by atoms with Gasteiger partial charge >= 0.3 is 5.97 Å². The smallest absolute Gasteiger partial charge is 0.341 e. The fraction of sp³-hybridized carbons (Fsp3) is 0.368. The molecular weight excluding hydrogens is 354 g/mol. The third kappa shape index (κ3) is 3.67. The molecule has 2 aromatic rings. The van der Waals surface area contributed by atoms with Crippen molar-refractivity contribution in [2.24, 2.45) is 0 Å². The zero-order valence-electron chi connectivity index (χ0n) is 15.0. The maximum atomic E-state index is 12.5. The van der Waals surface area contributed by atoms with Crippen molar-refractivity contribution in [3.8, 4) is 11.5 Å². The van der Waals surface area contributed by atoms with E-state index in [0.717, 1.165) is 29.7 Å². The second kappa shape index (κ2) is 7.78. The van der Waals surface area contributed by atoms with Crippen LogP contribution in [0.5, 0.6) is 11.5 Å². The van der Waals surface area contributed by atoms with Crippen molar-refractivity contribution in [2.75, 3.05) is 19.5 Å². The van der Waals surface area contributed by atoms with E-state index in [2.05, 4.69) is 5.32 Å². The zero-order valence-corrected chi connectivity index (χ0v) is 15.8. The first kappa shape index (κ1) is 18.3. The summed E-state index contributed by atoms with van der Waals surface area (Å²) in [5.74, 6) is 0.551. The minimum absolute atomic E-state index is 0.314. The van der Waals surface area contributed by atoms with Crippen molar-refractivity contribution >= 4 is 28.2 Å². The van der Waals surface area contributed by atoms with E-state index in [-0.39, 0.29) is 5.91 Å². The van der Waals surface area contributed by atoms with Crippen LogP contribution in [0.2, 0.25) is 0 Å². The lowest BCUT2D eigenvalue weighted by Gasteiger charge is -2.15. The summed E-state index contributed by atoms with van der Waals surface area (Å²) in [5, 5.41) is 3.37. The van der Waals surface area contributed by atoms with E-state index in [1.807, 2.05) is 0 Å². The van der Waals surface area contributed by atoms with Crippen molar-refractivity contribution < 1.29 is 23.8 Å². The Balaban J connectivity index is 1.72. The van der Waals surface area contributed by atoms with Crippen LogP contribution < -0.4 is 14.8 Å². The fourth-order valence-corrected chi connectivity index (χ4v) is 4.22. The monoisotopic (exact) mass is 375 g/mol. The van der Waals surface area contributed by atoms with Gasteiger partial charge in [-0.25, -0.2) is 4.79 Å². The summed E-state index contributed by atoms with van der Waals surface area (Å²) in [6, 6.07) is 7.00. The lowest BCUT2D eigenvalue weighted by atomic mass is 10.1. The standard InChI is InChI=1S/C19H21NO5S/c1-11(25-13-9-7-12(23-2)8-10-13)17(21)20-18-16(19(22)24-3)14-5-4-6-15(14)26-18/h7-11H,4-6H2,1-3H3,(H,20,21). The molecule has 3 rings (SSSR count). The van der Waals surface area contributed by atoms with Crippen LogP contribution in [-0.2, 0) is 22.4 Å². The molecule has 0 saturated heterocycles. The molecule has 1 aliphatic carbocycles. The van der Waals surface area contributed by atoms with Crippen LogP contribution in [0.4, 0.5) is 5.00 Å². The number of ether oxygens (including phenoxy) is 3. The number of nitrogens with one attached hydrogen (secondary N) is 1. The molecule has 26 heavy (non-hydrogen) atoms. The first-order valence-electron chi connectivity index (χ1n) is 8.38. The second-order valence-corrected chi connectivity index (χ2v) is 7.08. The van der Waals surface area contributed by atoms with Gasteiger partial charge in [0.2, 0.25) is 0 Å². The van der Waals surface area contributed by atoms with Gasteiger partial charge in [-0.1, -0.05) is 0 Å². The molecule has 0 fully saturated rings. The average molecular weight is 375 g/mol. The summed E-state index contributed by atoms with van der Waals surface area (Å²) in [6.07, 6.45) is 2.07. The average Bonchev–Trinajstić information content (AvgIpc) is 3.22. The topological polar surface area (TPSA) is 73.9 Å². The largest absolute Gasteiger partial charge is 0.497 e. The van der Waals surface area contributed by atoms with E-state index < -0.39 is 12.1 Å². The summed E-state index contributed by atoms with van der Waals surface area (Å²) in [4.78, 5) is 25.8. The first-order chi connectivity index (χ1) is 12.5. The molecule has 1 aromatic heterocycles. The van der Waals surface area contributed by atoms with Gasteiger partial charge in [-0.2, -0.15) is 0 Å². The van der Waals surface area contributed by atoms with Crippen LogP contribution in [0.1, 0.15) is 34.1 Å². The highest BCUT2D eigenvalue weighted by molar-refractivity contribution is 7.17. The van der Waals surface area contributed by atoms with Crippen molar-refractivity contribution in [3.05, 3.63) is 40.3 Å². The molecule has 0 spiro atoms. The zero-order chi connectivity index (χ0) is 18.7. The molecule has 6 nitrogen and oxygen atoms in total. The van der Waals surface area contributed by atoms with Gasteiger partial charge in [0.1, 0.15) is 16.5 Å². The number of carbonyl (C=O) groups is 2. The van der Waals surface area contributed by atoms with E-state index in [1.165, 1.54) is 18.4 Å². The summed E-state index contributed by atoms with van der Waals surface area (Å²) < 4.78 is 15.7. The number of thiophene rings is 1. The number of fused-ring (bicyclic) bond motifs is 1.